The van der Waals surface area contributed by atoms with Gasteiger partial charge in [-0.05, 0) is 23.3 Å². The number of carbonyl (C=O) groups excluding carboxylic acids is 1. The molecule has 6 nitrogen and oxygen atoms in total. The lowest BCUT2D eigenvalue weighted by atomic mass is 10.0. The Morgan fingerprint density at radius 2 is 2.11 bits per heavy atom. The van der Waals surface area contributed by atoms with Gasteiger partial charge in [-0.3, -0.25) is 8.98 Å². The van der Waals surface area contributed by atoms with Gasteiger partial charge in [0.2, 0.25) is 0 Å². The highest BCUT2D eigenvalue weighted by Crippen LogP contribution is 2.27. The summed E-state index contributed by atoms with van der Waals surface area (Å²) in [5.41, 5.74) is 1.89. The zero-order valence-electron chi connectivity index (χ0n) is 10.0. The van der Waals surface area contributed by atoms with E-state index in [1.54, 1.807) is 12.1 Å². The second-order valence-electron chi connectivity index (χ2n) is 3.96. The Bertz CT molecular complexity index is 594. The summed E-state index contributed by atoms with van der Waals surface area (Å²) in [6.07, 6.45) is 0.983. The largest absolute Gasteiger partial charge is 0.497 e. The fourth-order valence-corrected chi connectivity index (χ4v) is 2.14. The van der Waals surface area contributed by atoms with Crippen molar-refractivity contribution in [1.82, 2.24) is 5.32 Å². The second kappa shape index (κ2) is 4.58. The smallest absolute Gasteiger partial charge is 0.264 e. The Balaban J connectivity index is 2.38. The normalized spacial score (nSPS) is 14.2. The van der Waals surface area contributed by atoms with Gasteiger partial charge >= 0.3 is 0 Å². The molecule has 1 aliphatic heterocycles. The number of methoxy groups -OCH3 is 1. The Morgan fingerprint density at radius 3 is 2.72 bits per heavy atom. The van der Waals surface area contributed by atoms with Gasteiger partial charge in [0.05, 0.1) is 20.0 Å². The van der Waals surface area contributed by atoms with E-state index >= 15 is 0 Å². The van der Waals surface area contributed by atoms with Crippen LogP contribution in [0.25, 0.3) is 0 Å². The highest BCUT2D eigenvalue weighted by atomic mass is 32.2. The summed E-state index contributed by atoms with van der Waals surface area (Å²) in [4.78, 5) is 11.6. The minimum absolute atomic E-state index is 0.104. The topological polar surface area (TPSA) is 81.7 Å². The van der Waals surface area contributed by atoms with E-state index in [0.29, 0.717) is 23.4 Å². The third kappa shape index (κ3) is 2.62. The molecule has 0 bridgehead atoms. The van der Waals surface area contributed by atoms with E-state index in [4.69, 9.17) is 8.92 Å². The lowest BCUT2D eigenvalue weighted by Gasteiger charge is -2.09. The molecular weight excluding hydrogens is 258 g/mol. The van der Waals surface area contributed by atoms with Gasteiger partial charge in [0.1, 0.15) is 5.75 Å². The standard InChI is InChI=1S/C11H13NO5S/c1-16-8-3-7(6-17-18(2,14)15)10-5-12-11(13)9(10)4-8/h3-4H,5-6H2,1-2H3,(H,12,13). The van der Waals surface area contributed by atoms with Crippen molar-refractivity contribution in [3.63, 3.8) is 0 Å². The fourth-order valence-electron chi connectivity index (χ4n) is 1.80. The first-order valence-corrected chi connectivity index (χ1v) is 7.05. The fraction of sp³-hybridized carbons (Fsp3) is 0.364. The zero-order chi connectivity index (χ0) is 13.3. The molecule has 1 N–H and O–H groups in total. The molecule has 0 atom stereocenters. The Labute approximate surface area is 105 Å². The van der Waals surface area contributed by atoms with Crippen LogP contribution in [0.5, 0.6) is 5.75 Å². The summed E-state index contributed by atoms with van der Waals surface area (Å²) in [6, 6.07) is 3.30. The Hall–Kier alpha value is -1.60. The first-order valence-electron chi connectivity index (χ1n) is 5.23. The molecule has 2 rings (SSSR count). The van der Waals surface area contributed by atoms with Crippen LogP contribution in [0.3, 0.4) is 0 Å². The summed E-state index contributed by atoms with van der Waals surface area (Å²) in [5.74, 6) is 0.308. The minimum Gasteiger partial charge on any atom is -0.497 e. The zero-order valence-corrected chi connectivity index (χ0v) is 10.8. The first-order chi connectivity index (χ1) is 8.40. The molecule has 18 heavy (non-hydrogen) atoms. The number of hydrogen-bond donors (Lipinski definition) is 1. The van der Waals surface area contributed by atoms with E-state index in [0.717, 1.165) is 11.8 Å². The lowest BCUT2D eigenvalue weighted by molar-refractivity contribution is 0.0965. The van der Waals surface area contributed by atoms with Crippen LogP contribution >= 0.6 is 0 Å². The summed E-state index contributed by atoms with van der Waals surface area (Å²) in [5, 5.41) is 2.67. The van der Waals surface area contributed by atoms with E-state index < -0.39 is 10.1 Å². The predicted molar refractivity (Wildman–Crippen MR) is 63.8 cm³/mol. The van der Waals surface area contributed by atoms with Crippen LogP contribution in [0.4, 0.5) is 0 Å². The average Bonchev–Trinajstić information content (AvgIpc) is 2.67. The number of fused-ring (bicyclic) bond motifs is 1. The Kier molecular flexibility index (Phi) is 3.27. The van der Waals surface area contributed by atoms with Crippen LogP contribution in [0.2, 0.25) is 0 Å². The molecule has 0 unspecified atom stereocenters. The van der Waals surface area contributed by atoms with E-state index in [9.17, 15) is 13.2 Å². The van der Waals surface area contributed by atoms with E-state index in [-0.39, 0.29) is 12.5 Å². The molecule has 98 valence electrons. The maximum Gasteiger partial charge on any atom is 0.264 e. The van der Waals surface area contributed by atoms with Crippen LogP contribution < -0.4 is 10.1 Å². The van der Waals surface area contributed by atoms with Gasteiger partial charge < -0.3 is 10.1 Å². The minimum atomic E-state index is -3.52. The third-order valence-corrected chi connectivity index (χ3v) is 3.20. The van der Waals surface area contributed by atoms with Gasteiger partial charge in [-0.15, -0.1) is 0 Å². The van der Waals surface area contributed by atoms with Gasteiger partial charge in [0, 0.05) is 12.1 Å². The predicted octanol–water partition coefficient (Wildman–Crippen LogP) is 0.415. The van der Waals surface area contributed by atoms with Crippen LogP contribution in [-0.4, -0.2) is 27.7 Å². The maximum absolute atomic E-state index is 11.6. The highest BCUT2D eigenvalue weighted by molar-refractivity contribution is 7.85. The SMILES string of the molecule is COc1cc(COS(C)(=O)=O)c2c(c1)C(=O)NC2. The van der Waals surface area contributed by atoms with E-state index in [1.165, 1.54) is 7.11 Å². The van der Waals surface area contributed by atoms with Gasteiger partial charge in [0.25, 0.3) is 16.0 Å². The summed E-state index contributed by atoms with van der Waals surface area (Å²) in [6.45, 7) is 0.272. The summed E-state index contributed by atoms with van der Waals surface area (Å²) in [7, 11) is -2.04. The number of rotatable bonds is 4. The summed E-state index contributed by atoms with van der Waals surface area (Å²) >= 11 is 0. The number of carbonyl (C=O) groups is 1. The molecule has 0 spiro atoms. The maximum atomic E-state index is 11.6. The molecule has 0 radical (unpaired) electrons. The van der Waals surface area contributed by atoms with Crippen LogP contribution in [-0.2, 0) is 27.5 Å². The molecule has 0 saturated carbocycles. The molecule has 1 heterocycles. The third-order valence-electron chi connectivity index (χ3n) is 2.65. The van der Waals surface area contributed by atoms with E-state index in [1.807, 2.05) is 0 Å². The van der Waals surface area contributed by atoms with Crippen molar-refractivity contribution >= 4 is 16.0 Å². The van der Waals surface area contributed by atoms with Crippen molar-refractivity contribution in [3.8, 4) is 5.75 Å². The molecule has 1 aromatic rings. The molecule has 0 aromatic heterocycles. The van der Waals surface area contributed by atoms with Gasteiger partial charge in [-0.2, -0.15) is 8.42 Å². The molecule has 0 aliphatic carbocycles. The van der Waals surface area contributed by atoms with Crippen molar-refractivity contribution in [3.05, 3.63) is 28.8 Å². The van der Waals surface area contributed by atoms with Gasteiger partial charge in [0.15, 0.2) is 0 Å². The van der Waals surface area contributed by atoms with Crippen LogP contribution in [0, 0.1) is 0 Å². The number of nitrogens with one attached hydrogen (secondary N) is 1. The van der Waals surface area contributed by atoms with Crippen molar-refractivity contribution in [2.24, 2.45) is 0 Å². The van der Waals surface area contributed by atoms with Crippen LogP contribution in [0.15, 0.2) is 12.1 Å². The van der Waals surface area contributed by atoms with Crippen molar-refractivity contribution in [2.75, 3.05) is 13.4 Å². The molecule has 1 aromatic carbocycles. The first kappa shape index (κ1) is 12.8. The Morgan fingerprint density at radius 1 is 1.39 bits per heavy atom. The second-order valence-corrected chi connectivity index (χ2v) is 5.61. The average molecular weight is 271 g/mol. The molecule has 1 aliphatic rings. The lowest BCUT2D eigenvalue weighted by Crippen LogP contribution is -2.12. The van der Waals surface area contributed by atoms with Crippen molar-refractivity contribution in [2.45, 2.75) is 13.2 Å². The van der Waals surface area contributed by atoms with Crippen molar-refractivity contribution < 1.29 is 22.1 Å². The van der Waals surface area contributed by atoms with Gasteiger partial charge in [-0.1, -0.05) is 0 Å². The van der Waals surface area contributed by atoms with Gasteiger partial charge in [-0.25, -0.2) is 0 Å². The van der Waals surface area contributed by atoms with Crippen LogP contribution in [0.1, 0.15) is 21.5 Å². The summed E-state index contributed by atoms with van der Waals surface area (Å²) < 4.78 is 31.8. The number of amides is 1. The molecule has 1 amide bonds. The molecule has 0 saturated heterocycles. The van der Waals surface area contributed by atoms with Crippen molar-refractivity contribution in [1.29, 1.82) is 0 Å². The monoisotopic (exact) mass is 271 g/mol. The number of benzene rings is 1. The highest BCUT2D eigenvalue weighted by Gasteiger charge is 2.23. The molecular formula is C11H13NO5S. The quantitative estimate of drug-likeness (QED) is 0.802. The molecule has 7 heteroatoms. The number of ether oxygens (including phenoxy) is 1. The number of hydrogen-bond acceptors (Lipinski definition) is 5. The molecule has 0 fully saturated rings. The van der Waals surface area contributed by atoms with E-state index in [2.05, 4.69) is 5.32 Å².